The quantitative estimate of drug-likeness (QED) is 0.875. The summed E-state index contributed by atoms with van der Waals surface area (Å²) >= 11 is 11.9. The average molecular weight is 353 g/mol. The average Bonchev–Trinajstić information content (AvgIpc) is 2.74. The number of anilines is 1. The van der Waals surface area contributed by atoms with E-state index in [1.54, 1.807) is 18.2 Å². The van der Waals surface area contributed by atoms with Crippen molar-refractivity contribution in [2.24, 2.45) is 11.7 Å². The summed E-state index contributed by atoms with van der Waals surface area (Å²) in [5.74, 6) is 0.395. The van der Waals surface area contributed by atoms with Gasteiger partial charge in [-0.15, -0.1) is 12.4 Å². The first kappa shape index (κ1) is 18.5. The first-order valence-electron chi connectivity index (χ1n) is 6.68. The molecule has 118 valence electrons. The lowest BCUT2D eigenvalue weighted by molar-refractivity contribution is -0.117. The van der Waals surface area contributed by atoms with Crippen LogP contribution in [0.3, 0.4) is 0 Å². The zero-order valence-electron chi connectivity index (χ0n) is 11.8. The molecule has 0 saturated carbocycles. The molecular weight excluding hydrogens is 333 g/mol. The molecule has 1 aromatic rings. The van der Waals surface area contributed by atoms with Crippen LogP contribution in [0.2, 0.25) is 10.0 Å². The first-order valence-corrected chi connectivity index (χ1v) is 7.44. The van der Waals surface area contributed by atoms with Crippen molar-refractivity contribution in [2.75, 3.05) is 25.0 Å². The molecule has 2 rings (SSSR count). The van der Waals surface area contributed by atoms with Crippen LogP contribution in [0.25, 0.3) is 0 Å². The molecule has 1 saturated heterocycles. The summed E-state index contributed by atoms with van der Waals surface area (Å²) in [6.45, 7) is 4.01. The molecule has 2 atom stereocenters. The first-order chi connectivity index (χ1) is 9.49. The van der Waals surface area contributed by atoms with Gasteiger partial charge in [-0.25, -0.2) is 0 Å². The molecule has 1 fully saturated rings. The number of rotatable bonds is 4. The third-order valence-corrected chi connectivity index (χ3v) is 4.24. The highest BCUT2D eigenvalue weighted by Crippen LogP contribution is 2.26. The fourth-order valence-electron chi connectivity index (χ4n) is 2.58. The van der Waals surface area contributed by atoms with Gasteiger partial charge < -0.3 is 11.1 Å². The van der Waals surface area contributed by atoms with E-state index in [9.17, 15) is 4.79 Å². The summed E-state index contributed by atoms with van der Waals surface area (Å²) in [6.07, 6.45) is 1.04. The predicted molar refractivity (Wildman–Crippen MR) is 90.5 cm³/mol. The monoisotopic (exact) mass is 351 g/mol. The van der Waals surface area contributed by atoms with Gasteiger partial charge in [0.15, 0.2) is 0 Å². The van der Waals surface area contributed by atoms with Crippen molar-refractivity contribution in [2.45, 2.75) is 19.4 Å². The van der Waals surface area contributed by atoms with Gasteiger partial charge in [-0.05, 0) is 44.0 Å². The molecule has 1 aliphatic rings. The van der Waals surface area contributed by atoms with Crippen LogP contribution in [0.15, 0.2) is 18.2 Å². The van der Waals surface area contributed by atoms with Crippen molar-refractivity contribution in [1.29, 1.82) is 0 Å². The molecule has 0 bridgehead atoms. The van der Waals surface area contributed by atoms with E-state index >= 15 is 0 Å². The Morgan fingerprint density at radius 3 is 2.81 bits per heavy atom. The SMILES string of the molecule is CC1CC(CN)CN1CC(=O)Nc1cc(Cl)ccc1Cl.Cl. The Hall–Kier alpha value is -0.520. The lowest BCUT2D eigenvalue weighted by Gasteiger charge is -2.20. The van der Waals surface area contributed by atoms with Crippen LogP contribution < -0.4 is 11.1 Å². The molecule has 1 amide bonds. The third kappa shape index (κ3) is 5.01. The number of amides is 1. The predicted octanol–water partition coefficient (Wildman–Crippen LogP) is 3.02. The maximum absolute atomic E-state index is 12.1. The number of hydrogen-bond acceptors (Lipinski definition) is 3. The summed E-state index contributed by atoms with van der Waals surface area (Å²) in [7, 11) is 0. The van der Waals surface area contributed by atoms with Crippen LogP contribution in [0.5, 0.6) is 0 Å². The van der Waals surface area contributed by atoms with E-state index in [0.29, 0.717) is 40.8 Å². The number of nitrogens with zero attached hydrogens (tertiary/aromatic N) is 1. The summed E-state index contributed by atoms with van der Waals surface area (Å²) in [5.41, 5.74) is 6.24. The number of benzene rings is 1. The smallest absolute Gasteiger partial charge is 0.238 e. The van der Waals surface area contributed by atoms with Gasteiger partial charge in [-0.1, -0.05) is 23.2 Å². The number of carbonyl (C=O) groups excluding carboxylic acids is 1. The third-order valence-electron chi connectivity index (χ3n) is 3.67. The van der Waals surface area contributed by atoms with Gasteiger partial charge in [0.25, 0.3) is 0 Å². The zero-order chi connectivity index (χ0) is 14.7. The second kappa shape index (κ2) is 8.20. The van der Waals surface area contributed by atoms with Crippen molar-refractivity contribution in [3.63, 3.8) is 0 Å². The fourth-order valence-corrected chi connectivity index (χ4v) is 2.91. The van der Waals surface area contributed by atoms with E-state index in [1.807, 2.05) is 0 Å². The van der Waals surface area contributed by atoms with E-state index in [1.165, 1.54) is 0 Å². The molecule has 4 nitrogen and oxygen atoms in total. The molecule has 1 heterocycles. The molecule has 7 heteroatoms. The summed E-state index contributed by atoms with van der Waals surface area (Å²) < 4.78 is 0. The van der Waals surface area contributed by atoms with Crippen molar-refractivity contribution >= 4 is 47.2 Å². The van der Waals surface area contributed by atoms with Gasteiger partial charge in [0.05, 0.1) is 17.3 Å². The van der Waals surface area contributed by atoms with Crippen molar-refractivity contribution < 1.29 is 4.79 Å². The van der Waals surface area contributed by atoms with Gasteiger partial charge in [0.2, 0.25) is 5.91 Å². The van der Waals surface area contributed by atoms with E-state index in [-0.39, 0.29) is 18.3 Å². The molecule has 1 aromatic carbocycles. The Balaban J connectivity index is 0.00000220. The van der Waals surface area contributed by atoms with Crippen LogP contribution in [-0.4, -0.2) is 36.5 Å². The van der Waals surface area contributed by atoms with Gasteiger partial charge in [0.1, 0.15) is 0 Å². The number of halogens is 3. The van der Waals surface area contributed by atoms with Crippen LogP contribution >= 0.6 is 35.6 Å². The normalized spacial score (nSPS) is 21.9. The van der Waals surface area contributed by atoms with Crippen LogP contribution in [0, 0.1) is 5.92 Å². The Labute approximate surface area is 141 Å². The molecule has 3 N–H and O–H groups in total. The number of likely N-dealkylation sites (tertiary alicyclic amines) is 1. The van der Waals surface area contributed by atoms with Gasteiger partial charge in [-0.2, -0.15) is 0 Å². The van der Waals surface area contributed by atoms with Crippen LogP contribution in [0.4, 0.5) is 5.69 Å². The van der Waals surface area contributed by atoms with Gasteiger partial charge in [0, 0.05) is 17.6 Å². The maximum atomic E-state index is 12.1. The standard InChI is InChI=1S/C14H19Cl2N3O.ClH/c1-9-4-10(6-17)7-19(9)8-14(20)18-13-5-11(15)2-3-12(13)16;/h2-3,5,9-10H,4,6-8,17H2,1H3,(H,18,20);1H. The summed E-state index contributed by atoms with van der Waals surface area (Å²) in [5, 5.41) is 3.83. The lowest BCUT2D eigenvalue weighted by atomic mass is 10.1. The summed E-state index contributed by atoms with van der Waals surface area (Å²) in [6, 6.07) is 5.39. The Morgan fingerprint density at radius 2 is 2.19 bits per heavy atom. The minimum Gasteiger partial charge on any atom is -0.330 e. The molecule has 21 heavy (non-hydrogen) atoms. The van der Waals surface area contributed by atoms with Gasteiger partial charge >= 0.3 is 0 Å². The molecule has 0 spiro atoms. The molecule has 0 aromatic heterocycles. The summed E-state index contributed by atoms with van der Waals surface area (Å²) in [4.78, 5) is 14.2. The molecule has 0 aliphatic carbocycles. The Morgan fingerprint density at radius 1 is 1.48 bits per heavy atom. The minimum absolute atomic E-state index is 0. The Kier molecular flexibility index (Phi) is 7.24. The second-order valence-corrected chi connectivity index (χ2v) is 6.13. The number of nitrogens with one attached hydrogen (secondary N) is 1. The topological polar surface area (TPSA) is 58.4 Å². The fraction of sp³-hybridized carbons (Fsp3) is 0.500. The highest BCUT2D eigenvalue weighted by atomic mass is 35.5. The highest BCUT2D eigenvalue weighted by Gasteiger charge is 2.29. The number of nitrogens with two attached hydrogens (primary N) is 1. The zero-order valence-corrected chi connectivity index (χ0v) is 14.1. The maximum Gasteiger partial charge on any atom is 0.238 e. The molecule has 1 aliphatic heterocycles. The van der Waals surface area contributed by atoms with Crippen LogP contribution in [-0.2, 0) is 4.79 Å². The number of hydrogen-bond donors (Lipinski definition) is 2. The minimum atomic E-state index is -0.0845. The van der Waals surface area contributed by atoms with Crippen molar-refractivity contribution in [1.82, 2.24) is 4.90 Å². The van der Waals surface area contributed by atoms with E-state index in [4.69, 9.17) is 28.9 Å². The van der Waals surface area contributed by atoms with Crippen molar-refractivity contribution in [3.05, 3.63) is 28.2 Å². The number of carbonyl (C=O) groups is 1. The Bertz CT molecular complexity index is 498. The van der Waals surface area contributed by atoms with E-state index < -0.39 is 0 Å². The van der Waals surface area contributed by atoms with Gasteiger partial charge in [-0.3, -0.25) is 9.69 Å². The van der Waals surface area contributed by atoms with E-state index in [2.05, 4.69) is 17.1 Å². The van der Waals surface area contributed by atoms with E-state index in [0.717, 1.165) is 13.0 Å². The lowest BCUT2D eigenvalue weighted by Crippen LogP contribution is -2.36. The largest absolute Gasteiger partial charge is 0.330 e. The molecule has 2 unspecified atom stereocenters. The molecule has 0 radical (unpaired) electrons. The molecular formula is C14H20Cl3N3O. The second-order valence-electron chi connectivity index (χ2n) is 5.29. The van der Waals surface area contributed by atoms with Crippen molar-refractivity contribution in [3.8, 4) is 0 Å². The highest BCUT2D eigenvalue weighted by molar-refractivity contribution is 6.35. The van der Waals surface area contributed by atoms with Crippen LogP contribution in [0.1, 0.15) is 13.3 Å².